The maximum atomic E-state index is 2.68. The van der Waals surface area contributed by atoms with Gasteiger partial charge in [0, 0.05) is 29.3 Å². The minimum Gasteiger partial charge on any atom is -0.141 e. The molecular weight excluding hydrogens is 865 g/mol. The Kier molecular flexibility index (Phi) is 37.2. The van der Waals surface area contributed by atoms with Gasteiger partial charge in [0.1, 0.15) is 0 Å². The highest BCUT2D eigenvalue weighted by Crippen LogP contribution is 2.44. The van der Waals surface area contributed by atoms with E-state index in [0.29, 0.717) is 0 Å². The largest absolute Gasteiger partial charge is 0.141 e. The van der Waals surface area contributed by atoms with Gasteiger partial charge in [0.15, 0.2) is 0 Å². The number of thiophene rings is 3. The number of aryl methyl sites for hydroxylation is 4. The molecule has 3 aromatic rings. The van der Waals surface area contributed by atoms with E-state index in [2.05, 4.69) is 88.5 Å². The van der Waals surface area contributed by atoms with E-state index in [4.69, 9.17) is 0 Å². The van der Waals surface area contributed by atoms with E-state index in [9.17, 15) is 0 Å². The topological polar surface area (TPSA) is 0 Å². The van der Waals surface area contributed by atoms with Crippen LogP contribution in [0.25, 0.3) is 21.9 Å². The van der Waals surface area contributed by atoms with Crippen LogP contribution in [0.4, 0.5) is 0 Å². The fourth-order valence-electron chi connectivity index (χ4n) is 10.6. The highest BCUT2D eigenvalue weighted by molar-refractivity contribution is 7.23. The zero-order valence-electron chi connectivity index (χ0n) is 45.6. The van der Waals surface area contributed by atoms with Crippen LogP contribution in [0.3, 0.4) is 0 Å². The maximum Gasteiger partial charge on any atom is 0.0480 e. The summed E-state index contributed by atoms with van der Waals surface area (Å²) in [7, 11) is 0. The van der Waals surface area contributed by atoms with Crippen molar-refractivity contribution in [1.29, 1.82) is 0 Å². The molecule has 3 aromatic heterocycles. The molecule has 0 radical (unpaired) electrons. The Hall–Kier alpha value is -1.16. The summed E-state index contributed by atoms with van der Waals surface area (Å²) in [5.74, 6) is 0. The standard InChI is InChI=1S/C64H110S3/c1-7-11-15-19-23-27-31-35-39-43-47-57-53-55(5)65-61(57)51-52-62-58(48-44-40-36-32-28-24-20-16-12-8-2)54-63(67-62)64-60(50-46-42-38-34-30-26-22-18-14-10-4)59(56(6)66-64)49-45-41-37-33-29-25-21-17-13-9-3/h51-54H,7-50H2,1-6H3/b52-51+. The lowest BCUT2D eigenvalue weighted by atomic mass is 9.96. The summed E-state index contributed by atoms with van der Waals surface area (Å²) >= 11 is 6.30. The van der Waals surface area contributed by atoms with Gasteiger partial charge in [0.25, 0.3) is 0 Å². The Morgan fingerprint density at radius 1 is 0.313 bits per heavy atom. The van der Waals surface area contributed by atoms with Crippen molar-refractivity contribution < 1.29 is 0 Å². The molecule has 0 saturated heterocycles. The molecule has 0 saturated carbocycles. The summed E-state index contributed by atoms with van der Waals surface area (Å²) in [6, 6.07) is 5.19. The first-order valence-electron chi connectivity index (χ1n) is 30.0. The first-order chi connectivity index (χ1) is 33.0. The highest BCUT2D eigenvalue weighted by Gasteiger charge is 2.20. The molecule has 0 spiro atoms. The second kappa shape index (κ2) is 41.5. The van der Waals surface area contributed by atoms with Gasteiger partial charge in [-0.05, 0) is 112 Å². The van der Waals surface area contributed by atoms with E-state index in [1.807, 2.05) is 11.3 Å². The van der Waals surface area contributed by atoms with Crippen LogP contribution in [0.5, 0.6) is 0 Å². The molecule has 3 heterocycles. The van der Waals surface area contributed by atoms with Crippen LogP contribution in [-0.2, 0) is 25.7 Å². The van der Waals surface area contributed by atoms with Gasteiger partial charge in [0.05, 0.1) is 0 Å². The van der Waals surface area contributed by atoms with Crippen molar-refractivity contribution in [3.05, 3.63) is 53.9 Å². The van der Waals surface area contributed by atoms with Crippen molar-refractivity contribution in [3.8, 4) is 9.75 Å². The quantitative estimate of drug-likeness (QED) is 0.0495. The smallest absolute Gasteiger partial charge is 0.0480 e. The predicted molar refractivity (Wildman–Crippen MR) is 313 cm³/mol. The summed E-state index contributed by atoms with van der Waals surface area (Å²) in [6.07, 6.45) is 66.5. The van der Waals surface area contributed by atoms with Crippen LogP contribution >= 0.6 is 34.0 Å². The Morgan fingerprint density at radius 2 is 0.612 bits per heavy atom. The summed E-state index contributed by atoms with van der Waals surface area (Å²) in [5, 5.41) is 0. The van der Waals surface area contributed by atoms with Gasteiger partial charge < -0.3 is 0 Å². The first kappa shape index (κ1) is 60.1. The van der Waals surface area contributed by atoms with Crippen molar-refractivity contribution in [3.63, 3.8) is 0 Å². The molecule has 0 unspecified atom stereocenters. The Labute approximate surface area is 431 Å². The monoisotopic (exact) mass is 975 g/mol. The van der Waals surface area contributed by atoms with Crippen LogP contribution in [0.15, 0.2) is 12.1 Å². The lowest BCUT2D eigenvalue weighted by molar-refractivity contribution is 0.553. The molecule has 0 aromatic carbocycles. The molecule has 67 heavy (non-hydrogen) atoms. The molecule has 0 aliphatic carbocycles. The molecule has 3 heteroatoms. The normalized spacial score (nSPS) is 11.9. The SMILES string of the molecule is CCCCCCCCCCCCc1cc(C)sc1/C=C/c1sc(-c2sc(C)c(CCCCCCCCCCCC)c2CCCCCCCCCCCC)cc1CCCCCCCCCCCC. The van der Waals surface area contributed by atoms with Crippen LogP contribution in [0.2, 0.25) is 0 Å². The van der Waals surface area contributed by atoms with Crippen molar-refractivity contribution in [2.45, 2.75) is 324 Å². The zero-order chi connectivity index (χ0) is 47.8. The molecule has 0 N–H and O–H groups in total. The molecule has 0 aliphatic rings. The zero-order valence-corrected chi connectivity index (χ0v) is 48.1. The van der Waals surface area contributed by atoms with Crippen LogP contribution < -0.4 is 0 Å². The number of hydrogen-bond acceptors (Lipinski definition) is 3. The second-order valence-corrected chi connectivity index (χ2v) is 24.8. The average molecular weight is 976 g/mol. The van der Waals surface area contributed by atoms with Gasteiger partial charge in [-0.1, -0.05) is 259 Å². The summed E-state index contributed by atoms with van der Waals surface area (Å²) in [5.41, 5.74) is 6.69. The second-order valence-electron chi connectivity index (χ2n) is 21.3. The van der Waals surface area contributed by atoms with Crippen molar-refractivity contribution >= 4 is 46.2 Å². The van der Waals surface area contributed by atoms with Crippen molar-refractivity contribution in [1.82, 2.24) is 0 Å². The van der Waals surface area contributed by atoms with Crippen molar-refractivity contribution in [2.75, 3.05) is 0 Å². The average Bonchev–Trinajstić information content (AvgIpc) is 4.00. The third-order valence-electron chi connectivity index (χ3n) is 14.9. The fourth-order valence-corrected chi connectivity index (χ4v) is 14.0. The highest BCUT2D eigenvalue weighted by atomic mass is 32.1. The van der Waals surface area contributed by atoms with Crippen LogP contribution in [0.1, 0.15) is 326 Å². The lowest BCUT2D eigenvalue weighted by Crippen LogP contribution is -1.95. The molecule has 0 amide bonds. The molecule has 0 nitrogen and oxygen atoms in total. The summed E-state index contributed by atoms with van der Waals surface area (Å²) < 4.78 is 0. The Bertz CT molecular complexity index is 1600. The predicted octanol–water partition coefficient (Wildman–Crippen LogP) is 24.2. The van der Waals surface area contributed by atoms with Gasteiger partial charge >= 0.3 is 0 Å². The van der Waals surface area contributed by atoms with E-state index < -0.39 is 0 Å². The van der Waals surface area contributed by atoms with Crippen LogP contribution in [0, 0.1) is 13.8 Å². The molecule has 0 bridgehead atoms. The third kappa shape index (κ3) is 27.9. The molecule has 384 valence electrons. The molecule has 0 atom stereocenters. The minimum absolute atomic E-state index is 1.23. The molecule has 0 aliphatic heterocycles. The third-order valence-corrected chi connectivity index (χ3v) is 18.5. The minimum atomic E-state index is 1.23. The number of rotatable bonds is 47. The molecule has 3 rings (SSSR count). The van der Waals surface area contributed by atoms with E-state index in [0.717, 1.165) is 0 Å². The van der Waals surface area contributed by atoms with E-state index in [1.165, 1.54) is 297 Å². The lowest BCUT2D eigenvalue weighted by Gasteiger charge is -2.09. The van der Waals surface area contributed by atoms with Gasteiger partial charge in [-0.25, -0.2) is 0 Å². The fraction of sp³-hybridized carbons (Fsp3) is 0.781. The number of unbranched alkanes of at least 4 members (excludes halogenated alkanes) is 36. The van der Waals surface area contributed by atoms with E-state index in [1.54, 1.807) is 36.9 Å². The van der Waals surface area contributed by atoms with E-state index >= 15 is 0 Å². The Balaban J connectivity index is 1.75. The summed E-state index contributed by atoms with van der Waals surface area (Å²) in [6.45, 7) is 14.1. The van der Waals surface area contributed by atoms with Gasteiger partial charge in [-0.2, -0.15) is 0 Å². The van der Waals surface area contributed by atoms with Gasteiger partial charge in [-0.3, -0.25) is 0 Å². The maximum absolute atomic E-state index is 2.68. The number of hydrogen-bond donors (Lipinski definition) is 0. The van der Waals surface area contributed by atoms with Crippen LogP contribution in [-0.4, -0.2) is 0 Å². The molecular formula is C64H110S3. The van der Waals surface area contributed by atoms with Crippen molar-refractivity contribution in [2.24, 2.45) is 0 Å². The first-order valence-corrected chi connectivity index (χ1v) is 32.5. The summed E-state index contributed by atoms with van der Waals surface area (Å²) in [4.78, 5) is 9.34. The molecule has 0 fully saturated rings. The van der Waals surface area contributed by atoms with Gasteiger partial charge in [0.2, 0.25) is 0 Å². The van der Waals surface area contributed by atoms with Gasteiger partial charge in [-0.15, -0.1) is 34.0 Å². The van der Waals surface area contributed by atoms with E-state index in [-0.39, 0.29) is 0 Å². The Morgan fingerprint density at radius 3 is 0.985 bits per heavy atom.